The zero-order chi connectivity index (χ0) is 45.0. The predicted molar refractivity (Wildman–Crippen MR) is 254 cm³/mol. The number of fused-ring (bicyclic) bond motifs is 2. The first-order chi connectivity index (χ1) is 31.6. The average Bonchev–Trinajstić information content (AvgIpc) is 4.13. The van der Waals surface area contributed by atoms with Gasteiger partial charge in [0.25, 0.3) is 11.5 Å². The van der Waals surface area contributed by atoms with Gasteiger partial charge in [-0.2, -0.15) is 9.97 Å². The first-order valence-electron chi connectivity index (χ1n) is 23.0. The number of ketones is 1. The summed E-state index contributed by atoms with van der Waals surface area (Å²) in [5, 5.41) is 14.7. The highest BCUT2D eigenvalue weighted by Gasteiger charge is 2.28. The van der Waals surface area contributed by atoms with Gasteiger partial charge < -0.3 is 40.5 Å². The second-order valence-electron chi connectivity index (χ2n) is 17.6. The summed E-state index contributed by atoms with van der Waals surface area (Å²) in [6, 6.07) is 10.3. The van der Waals surface area contributed by atoms with Crippen LogP contribution in [0, 0.1) is 6.92 Å². The van der Waals surface area contributed by atoms with E-state index in [-0.39, 0.29) is 28.9 Å². The molecule has 4 N–H and O–H groups in total. The molecule has 340 valence electrons. The summed E-state index contributed by atoms with van der Waals surface area (Å²) >= 11 is 0. The second kappa shape index (κ2) is 19.3. The van der Waals surface area contributed by atoms with Crippen molar-refractivity contribution >= 4 is 68.7 Å². The van der Waals surface area contributed by atoms with Crippen molar-refractivity contribution in [1.29, 1.82) is 0 Å². The van der Waals surface area contributed by atoms with Crippen molar-refractivity contribution in [1.82, 2.24) is 54.6 Å². The third-order valence-electron chi connectivity index (χ3n) is 13.1. The molecule has 0 aromatic carbocycles. The predicted octanol–water partition coefficient (Wildman–Crippen LogP) is 5.76. The highest BCUT2D eigenvalue weighted by atomic mass is 16.2. The summed E-state index contributed by atoms with van der Waals surface area (Å²) < 4.78 is 3.85. The standard InChI is InChI=1S/C24H29N7O2.C23H30N8O/c1-15-19-14-27-24(28-20-8-7-18(13-26-20)30-11-9-25-10-12-30)29-22(19)31(17-5-3-4-6-17)23(33)21(15)16(2)32;1-29(2)22(32)19-13-16-14-26-23(28-21(16)31(19)17-5-3-4-6-17)27-20-8-7-18(15-25-20)30-11-9-24-10-12-30/h7-8,13-14,17,25H,3-6,9-12H2,1-2H3,(H,26,27,28,29);7-8,13-15,17,24H,3-6,9-12H2,1-2H3,(H,25,26,27,28). The molecule has 2 saturated carbocycles. The summed E-state index contributed by atoms with van der Waals surface area (Å²) in [7, 11) is 3.57. The number of amides is 1. The number of nitrogens with one attached hydrogen (secondary N) is 4. The SMILES string of the molecule is CC(=O)c1c(C)c2cnc(Nc3ccc(N4CCNCC4)cn3)nc2n(C2CCCC2)c1=O.CN(C)C(=O)c1cc2cnc(Nc3ccc(N4CCNCC4)cn3)nc2n1C1CCCC1. The summed E-state index contributed by atoms with van der Waals surface area (Å²) in [4.78, 5) is 72.3. The number of aryl methyl sites for hydroxylation is 1. The van der Waals surface area contributed by atoms with E-state index in [1.54, 1.807) is 42.9 Å². The maximum absolute atomic E-state index is 13.3. The zero-order valence-electron chi connectivity index (χ0n) is 37.8. The number of pyridine rings is 3. The summed E-state index contributed by atoms with van der Waals surface area (Å²) in [5.74, 6) is 1.98. The number of carbonyl (C=O) groups is 2. The van der Waals surface area contributed by atoms with Crippen molar-refractivity contribution in [2.75, 3.05) is 86.9 Å². The Morgan fingerprint density at radius 2 is 1.18 bits per heavy atom. The quantitative estimate of drug-likeness (QED) is 0.121. The fourth-order valence-electron chi connectivity index (χ4n) is 9.67. The molecular weight excluding hydrogens is 823 g/mol. The van der Waals surface area contributed by atoms with Gasteiger partial charge >= 0.3 is 0 Å². The lowest BCUT2D eigenvalue weighted by molar-refractivity contribution is 0.0815. The summed E-state index contributed by atoms with van der Waals surface area (Å²) in [6.45, 7) is 11.1. The number of piperazine rings is 2. The van der Waals surface area contributed by atoms with Crippen LogP contribution in [0.3, 0.4) is 0 Å². The van der Waals surface area contributed by atoms with E-state index in [0.717, 1.165) is 119 Å². The Hall–Kier alpha value is -6.53. The first kappa shape index (κ1) is 43.7. The van der Waals surface area contributed by atoms with Gasteiger partial charge in [0, 0.05) is 102 Å². The van der Waals surface area contributed by atoms with E-state index < -0.39 is 0 Å². The zero-order valence-corrected chi connectivity index (χ0v) is 37.8. The van der Waals surface area contributed by atoms with Crippen molar-refractivity contribution in [3.63, 3.8) is 0 Å². The van der Waals surface area contributed by atoms with Crippen LogP contribution >= 0.6 is 0 Å². The smallest absolute Gasteiger partial charge is 0.270 e. The maximum Gasteiger partial charge on any atom is 0.270 e. The van der Waals surface area contributed by atoms with E-state index >= 15 is 0 Å². The van der Waals surface area contributed by atoms with Crippen LogP contribution in [-0.2, 0) is 0 Å². The Morgan fingerprint density at radius 1 is 0.677 bits per heavy atom. The molecule has 4 fully saturated rings. The molecule has 0 spiro atoms. The number of aromatic nitrogens is 8. The molecule has 10 rings (SSSR count). The Bertz CT molecular complexity index is 2710. The first-order valence-corrected chi connectivity index (χ1v) is 23.0. The van der Waals surface area contributed by atoms with E-state index in [4.69, 9.17) is 9.97 Å². The number of Topliss-reactive ketones (excluding diaryl/α,β-unsaturated/α-hetero) is 1. The van der Waals surface area contributed by atoms with Crippen LogP contribution < -0.4 is 36.6 Å². The highest BCUT2D eigenvalue weighted by molar-refractivity contribution is 5.99. The number of nitrogens with zero attached hydrogens (tertiary/aromatic N) is 11. The van der Waals surface area contributed by atoms with Crippen molar-refractivity contribution in [3.8, 4) is 0 Å². The molecule has 6 aromatic heterocycles. The van der Waals surface area contributed by atoms with Gasteiger partial charge in [-0.25, -0.2) is 19.9 Å². The minimum absolute atomic E-state index is 0.00502. The molecule has 1 amide bonds. The van der Waals surface area contributed by atoms with Crippen LogP contribution in [-0.4, -0.2) is 122 Å². The molecule has 0 unspecified atom stereocenters. The van der Waals surface area contributed by atoms with Crippen molar-refractivity contribution < 1.29 is 9.59 Å². The summed E-state index contributed by atoms with van der Waals surface area (Å²) in [5.41, 5.74) is 4.90. The van der Waals surface area contributed by atoms with Gasteiger partial charge in [0.2, 0.25) is 11.9 Å². The number of carbonyl (C=O) groups excluding carboxylic acids is 2. The Kier molecular flexibility index (Phi) is 13.0. The lowest BCUT2D eigenvalue weighted by Crippen LogP contribution is -2.43. The van der Waals surface area contributed by atoms with Crippen LogP contribution in [0.2, 0.25) is 0 Å². The molecule has 65 heavy (non-hydrogen) atoms. The van der Waals surface area contributed by atoms with Gasteiger partial charge in [0.1, 0.15) is 28.6 Å². The van der Waals surface area contributed by atoms with Crippen LogP contribution in [0.5, 0.6) is 0 Å². The molecule has 2 saturated heterocycles. The number of hydrogen-bond donors (Lipinski definition) is 4. The lowest BCUT2D eigenvalue weighted by atomic mass is 10.0. The molecular formula is C47H59N15O3. The Morgan fingerprint density at radius 3 is 1.68 bits per heavy atom. The van der Waals surface area contributed by atoms with Crippen molar-refractivity contribution in [2.45, 2.75) is 77.3 Å². The maximum atomic E-state index is 13.3. The van der Waals surface area contributed by atoms with Crippen LogP contribution in [0.15, 0.2) is 59.9 Å². The number of rotatable bonds is 10. The summed E-state index contributed by atoms with van der Waals surface area (Å²) in [6.07, 6.45) is 15.7. The normalized spacial score (nSPS) is 17.0. The fraction of sp³-hybridized carbons (Fsp3) is 0.468. The van der Waals surface area contributed by atoms with E-state index in [1.165, 1.54) is 19.8 Å². The van der Waals surface area contributed by atoms with Crippen LogP contribution in [0.4, 0.5) is 34.9 Å². The minimum atomic E-state index is -0.248. The molecule has 0 bridgehead atoms. The highest BCUT2D eigenvalue weighted by Crippen LogP contribution is 2.35. The molecule has 18 heteroatoms. The number of hydrogen-bond acceptors (Lipinski definition) is 15. The van der Waals surface area contributed by atoms with Crippen molar-refractivity contribution in [3.05, 3.63) is 82.3 Å². The third kappa shape index (κ3) is 9.36. The van der Waals surface area contributed by atoms with Gasteiger partial charge in [-0.05, 0) is 75.4 Å². The number of anilines is 6. The Labute approximate surface area is 378 Å². The van der Waals surface area contributed by atoms with E-state index in [1.807, 2.05) is 36.7 Å². The third-order valence-corrected chi connectivity index (χ3v) is 13.1. The monoisotopic (exact) mass is 881 g/mol. The van der Waals surface area contributed by atoms with Gasteiger partial charge in [-0.1, -0.05) is 25.7 Å². The Balaban J connectivity index is 0.000000164. The fourth-order valence-corrected chi connectivity index (χ4v) is 9.67. The van der Waals surface area contributed by atoms with Gasteiger partial charge in [-0.15, -0.1) is 0 Å². The molecule has 2 aliphatic carbocycles. The lowest BCUT2D eigenvalue weighted by Gasteiger charge is -2.29. The molecule has 8 heterocycles. The van der Waals surface area contributed by atoms with E-state index in [2.05, 4.69) is 61.6 Å². The van der Waals surface area contributed by atoms with Gasteiger partial charge in [0.15, 0.2) is 5.78 Å². The molecule has 6 aromatic rings. The van der Waals surface area contributed by atoms with Crippen LogP contribution in [0.1, 0.15) is 96.8 Å². The largest absolute Gasteiger partial charge is 0.368 e. The van der Waals surface area contributed by atoms with Gasteiger partial charge in [-0.3, -0.25) is 19.0 Å². The molecule has 0 radical (unpaired) electrons. The molecule has 18 nitrogen and oxygen atoms in total. The topological polar surface area (TPSA) is 196 Å². The van der Waals surface area contributed by atoms with Crippen molar-refractivity contribution in [2.24, 2.45) is 0 Å². The van der Waals surface area contributed by atoms with E-state index in [9.17, 15) is 14.4 Å². The molecule has 0 atom stereocenters. The second-order valence-corrected chi connectivity index (χ2v) is 17.6. The van der Waals surface area contributed by atoms with E-state index in [0.29, 0.717) is 46.5 Å². The average molecular weight is 882 g/mol. The van der Waals surface area contributed by atoms with Gasteiger partial charge in [0.05, 0.1) is 29.3 Å². The molecule has 4 aliphatic rings. The minimum Gasteiger partial charge on any atom is -0.368 e. The van der Waals surface area contributed by atoms with Crippen LogP contribution in [0.25, 0.3) is 22.1 Å². The molecule has 2 aliphatic heterocycles.